The quantitative estimate of drug-likeness (QED) is 0.624. The Morgan fingerprint density at radius 2 is 2.43 bits per heavy atom. The summed E-state index contributed by atoms with van der Waals surface area (Å²) < 4.78 is 0. The summed E-state index contributed by atoms with van der Waals surface area (Å²) in [7, 11) is 0. The first-order valence-corrected chi connectivity index (χ1v) is 8.70. The van der Waals surface area contributed by atoms with Crippen LogP contribution >= 0.6 is 11.3 Å². The van der Waals surface area contributed by atoms with Gasteiger partial charge in [-0.2, -0.15) is 0 Å². The molecule has 1 aromatic heterocycles. The number of hydrogen-bond acceptors (Lipinski definition) is 4. The fourth-order valence-electron chi connectivity index (χ4n) is 2.64. The monoisotopic (exact) mass is 309 g/mol. The summed E-state index contributed by atoms with van der Waals surface area (Å²) in [6, 6.07) is 0.594. The Balaban J connectivity index is 1.78. The van der Waals surface area contributed by atoms with Crippen molar-refractivity contribution < 1.29 is 0 Å². The lowest BCUT2D eigenvalue weighted by molar-refractivity contribution is 0.267. The van der Waals surface area contributed by atoms with Crippen LogP contribution in [-0.2, 0) is 6.54 Å². The zero-order valence-electron chi connectivity index (χ0n) is 13.3. The summed E-state index contributed by atoms with van der Waals surface area (Å²) in [6.07, 6.45) is 2.53. The third-order valence-corrected chi connectivity index (χ3v) is 4.82. The number of aromatic nitrogens is 1. The molecule has 0 aliphatic carbocycles. The molecule has 6 heteroatoms. The van der Waals surface area contributed by atoms with Gasteiger partial charge >= 0.3 is 0 Å². The topological polar surface area (TPSA) is 66.5 Å². The number of nitrogens with two attached hydrogens (primary N) is 1. The number of likely N-dealkylation sites (tertiary alicyclic amines) is 1. The molecule has 0 aromatic carbocycles. The molecule has 0 radical (unpaired) electrons. The molecule has 2 rings (SSSR count). The second kappa shape index (κ2) is 7.75. The lowest BCUT2D eigenvalue weighted by Gasteiger charge is -2.23. The Morgan fingerprint density at radius 3 is 3.10 bits per heavy atom. The molecule has 3 N–H and O–H groups in total. The van der Waals surface area contributed by atoms with E-state index in [-0.39, 0.29) is 0 Å². The van der Waals surface area contributed by atoms with E-state index < -0.39 is 0 Å². The van der Waals surface area contributed by atoms with Gasteiger partial charge in [-0.1, -0.05) is 20.8 Å². The summed E-state index contributed by atoms with van der Waals surface area (Å²) in [5.41, 5.74) is 7.09. The number of nitrogens with zero attached hydrogens (tertiary/aromatic N) is 3. The highest BCUT2D eigenvalue weighted by molar-refractivity contribution is 7.09. The van der Waals surface area contributed by atoms with Crippen molar-refractivity contribution in [1.29, 1.82) is 0 Å². The number of likely N-dealkylation sites (N-methyl/N-ethyl adjacent to an activating group) is 1. The van der Waals surface area contributed by atoms with E-state index in [9.17, 15) is 0 Å². The van der Waals surface area contributed by atoms with Crippen molar-refractivity contribution in [3.8, 4) is 0 Å². The molecule has 21 heavy (non-hydrogen) atoms. The van der Waals surface area contributed by atoms with E-state index in [0.29, 0.717) is 24.5 Å². The molecule has 1 aliphatic rings. The first kappa shape index (κ1) is 16.2. The van der Waals surface area contributed by atoms with E-state index in [1.165, 1.54) is 19.4 Å². The predicted octanol–water partition coefficient (Wildman–Crippen LogP) is 2.16. The number of hydrogen-bond donors (Lipinski definition) is 2. The zero-order valence-corrected chi connectivity index (χ0v) is 14.1. The van der Waals surface area contributed by atoms with Gasteiger partial charge in [0, 0.05) is 18.0 Å². The highest BCUT2D eigenvalue weighted by Gasteiger charge is 2.22. The van der Waals surface area contributed by atoms with Gasteiger partial charge in [0.2, 0.25) is 0 Å². The van der Waals surface area contributed by atoms with Gasteiger partial charge in [0.25, 0.3) is 0 Å². The zero-order chi connectivity index (χ0) is 15.2. The van der Waals surface area contributed by atoms with Gasteiger partial charge in [-0.3, -0.25) is 4.90 Å². The molecule has 0 bridgehead atoms. The minimum atomic E-state index is 0.469. The molecule has 1 fully saturated rings. The second-order valence-electron chi connectivity index (χ2n) is 5.83. The molecule has 1 aliphatic heterocycles. The largest absolute Gasteiger partial charge is 0.370 e. The molecule has 0 saturated carbocycles. The van der Waals surface area contributed by atoms with Crippen molar-refractivity contribution in [3.05, 3.63) is 16.1 Å². The first-order chi connectivity index (χ1) is 10.1. The summed E-state index contributed by atoms with van der Waals surface area (Å²) in [5, 5.41) is 6.39. The lowest BCUT2D eigenvalue weighted by atomic mass is 10.2. The molecule has 1 saturated heterocycles. The Hall–Kier alpha value is -1.14. The van der Waals surface area contributed by atoms with Crippen molar-refractivity contribution >= 4 is 17.3 Å². The van der Waals surface area contributed by atoms with E-state index in [2.05, 4.69) is 46.3 Å². The van der Waals surface area contributed by atoms with E-state index in [0.717, 1.165) is 23.8 Å². The Morgan fingerprint density at radius 1 is 1.62 bits per heavy atom. The van der Waals surface area contributed by atoms with Gasteiger partial charge in [-0.15, -0.1) is 11.3 Å². The van der Waals surface area contributed by atoms with Gasteiger partial charge in [-0.05, 0) is 31.8 Å². The second-order valence-corrected chi connectivity index (χ2v) is 6.77. The van der Waals surface area contributed by atoms with Crippen molar-refractivity contribution in [2.75, 3.05) is 19.6 Å². The van der Waals surface area contributed by atoms with Crippen LogP contribution in [0.4, 0.5) is 0 Å². The van der Waals surface area contributed by atoms with E-state index in [1.807, 2.05) is 0 Å². The highest BCUT2D eigenvalue weighted by Crippen LogP contribution is 2.18. The van der Waals surface area contributed by atoms with Crippen LogP contribution in [0.3, 0.4) is 0 Å². The van der Waals surface area contributed by atoms with Crippen LogP contribution < -0.4 is 11.1 Å². The number of nitrogens with one attached hydrogen (secondary N) is 1. The predicted molar refractivity (Wildman–Crippen MR) is 89.8 cm³/mol. The Kier molecular flexibility index (Phi) is 5.99. The van der Waals surface area contributed by atoms with Gasteiger partial charge in [0.05, 0.1) is 12.2 Å². The van der Waals surface area contributed by atoms with Crippen LogP contribution in [0.2, 0.25) is 0 Å². The fourth-order valence-corrected chi connectivity index (χ4v) is 3.52. The van der Waals surface area contributed by atoms with Crippen LogP contribution in [0.5, 0.6) is 0 Å². The summed E-state index contributed by atoms with van der Waals surface area (Å²) in [4.78, 5) is 11.5. The minimum absolute atomic E-state index is 0.469. The summed E-state index contributed by atoms with van der Waals surface area (Å²) in [6.45, 7) is 10.3. The molecule has 118 valence electrons. The van der Waals surface area contributed by atoms with Crippen LogP contribution in [0.15, 0.2) is 10.4 Å². The maximum absolute atomic E-state index is 5.95. The first-order valence-electron chi connectivity index (χ1n) is 7.82. The number of thiazole rings is 1. The van der Waals surface area contributed by atoms with Crippen LogP contribution in [-0.4, -0.2) is 41.5 Å². The smallest absolute Gasteiger partial charge is 0.189 e. The highest BCUT2D eigenvalue weighted by atomic mass is 32.1. The van der Waals surface area contributed by atoms with Crippen LogP contribution in [0, 0.1) is 0 Å². The summed E-state index contributed by atoms with van der Waals surface area (Å²) in [5.74, 6) is 0.996. The third kappa shape index (κ3) is 4.68. The average Bonchev–Trinajstić information content (AvgIpc) is 3.11. The lowest BCUT2D eigenvalue weighted by Crippen LogP contribution is -2.42. The summed E-state index contributed by atoms with van der Waals surface area (Å²) >= 11 is 1.66. The fraction of sp³-hybridized carbons (Fsp3) is 0.733. The maximum atomic E-state index is 5.95. The van der Waals surface area contributed by atoms with Crippen LogP contribution in [0.25, 0.3) is 0 Å². The van der Waals surface area contributed by atoms with E-state index in [1.54, 1.807) is 11.3 Å². The normalized spacial score (nSPS) is 20.4. The van der Waals surface area contributed by atoms with Crippen molar-refractivity contribution in [2.45, 2.75) is 52.1 Å². The van der Waals surface area contributed by atoms with Gasteiger partial charge in [-0.25, -0.2) is 9.98 Å². The molecular weight excluding hydrogens is 282 g/mol. The molecular formula is C15H27N5S. The van der Waals surface area contributed by atoms with E-state index >= 15 is 0 Å². The molecule has 1 aromatic rings. The number of aliphatic imine (C=N–C) groups is 1. The SMILES string of the molecule is CCN1CCCC1CNC(N)=NCc1nc(C(C)C)cs1. The maximum Gasteiger partial charge on any atom is 0.189 e. The standard InChI is InChI=1S/C15H27N5S/c1-4-20-7-5-6-12(20)8-17-15(16)18-9-14-19-13(10-21-14)11(2)3/h10-12H,4-9H2,1-3H3,(H3,16,17,18). The molecule has 2 heterocycles. The van der Waals surface area contributed by atoms with Gasteiger partial charge < -0.3 is 11.1 Å². The van der Waals surface area contributed by atoms with Crippen LogP contribution in [0.1, 0.15) is 50.2 Å². The molecule has 1 unspecified atom stereocenters. The van der Waals surface area contributed by atoms with Gasteiger partial charge in [0.15, 0.2) is 5.96 Å². The van der Waals surface area contributed by atoms with E-state index in [4.69, 9.17) is 5.73 Å². The van der Waals surface area contributed by atoms with Crippen molar-refractivity contribution in [2.24, 2.45) is 10.7 Å². The third-order valence-electron chi connectivity index (χ3n) is 3.97. The Labute approximate surface area is 131 Å². The van der Waals surface area contributed by atoms with Crippen molar-refractivity contribution in [3.63, 3.8) is 0 Å². The average molecular weight is 309 g/mol. The van der Waals surface area contributed by atoms with Crippen molar-refractivity contribution in [1.82, 2.24) is 15.2 Å². The number of rotatable bonds is 6. The molecule has 0 spiro atoms. The molecule has 5 nitrogen and oxygen atoms in total. The minimum Gasteiger partial charge on any atom is -0.370 e. The Bertz CT molecular complexity index is 468. The molecule has 1 atom stereocenters. The van der Waals surface area contributed by atoms with Gasteiger partial charge in [0.1, 0.15) is 5.01 Å². The number of guanidine groups is 1. The molecule has 0 amide bonds.